The largest absolute Gasteiger partial charge is 0.324 e. The van der Waals surface area contributed by atoms with Gasteiger partial charge in [-0.15, -0.1) is 0 Å². The molecule has 2 aromatic heterocycles. The maximum atomic E-state index is 4.85. The Kier molecular flexibility index (Phi) is 4.65. The third kappa shape index (κ3) is 3.19. The molecule has 0 spiro atoms. The Morgan fingerprint density at radius 3 is 1.44 bits per heavy atom. The molecule has 0 N–H and O–H groups in total. The van der Waals surface area contributed by atoms with E-state index in [0.717, 1.165) is 36.1 Å². The van der Waals surface area contributed by atoms with Crippen LogP contribution >= 0.6 is 0 Å². The first-order valence-corrected chi connectivity index (χ1v) is 8.97. The van der Waals surface area contributed by atoms with Crippen molar-refractivity contribution in [1.82, 2.24) is 20.3 Å². The van der Waals surface area contributed by atoms with Crippen molar-refractivity contribution in [2.24, 2.45) is 0 Å². The van der Waals surface area contributed by atoms with Crippen LogP contribution in [-0.2, 0) is 0 Å². The first-order chi connectivity index (χ1) is 13.3. The molecule has 0 aliphatic rings. The van der Waals surface area contributed by atoms with Crippen LogP contribution in [0.25, 0.3) is 11.3 Å². The molecule has 2 heterocycles. The molecule has 0 saturated carbocycles. The van der Waals surface area contributed by atoms with Gasteiger partial charge in [0.15, 0.2) is 11.6 Å². The lowest BCUT2D eigenvalue weighted by molar-refractivity contribution is 0.314. The lowest BCUT2D eigenvalue weighted by atomic mass is 10.2. The van der Waals surface area contributed by atoms with Crippen molar-refractivity contribution in [3.8, 4) is 0 Å². The van der Waals surface area contributed by atoms with E-state index in [-0.39, 0.29) is 0 Å². The van der Waals surface area contributed by atoms with Crippen molar-refractivity contribution in [3.05, 3.63) is 60.7 Å². The fourth-order valence-corrected chi connectivity index (χ4v) is 3.11. The van der Waals surface area contributed by atoms with Gasteiger partial charge in [0, 0.05) is 24.5 Å². The number of para-hydroxylation sites is 2. The molecule has 2 aromatic carbocycles. The van der Waals surface area contributed by atoms with Gasteiger partial charge in [-0.25, -0.2) is 14.6 Å². The third-order valence-electron chi connectivity index (χ3n) is 4.36. The predicted molar refractivity (Wildman–Crippen MR) is 106 cm³/mol. The highest BCUT2D eigenvalue weighted by atomic mass is 16.6. The van der Waals surface area contributed by atoms with Crippen LogP contribution in [0.1, 0.15) is 13.8 Å². The Hall–Kier alpha value is -3.48. The summed E-state index contributed by atoms with van der Waals surface area (Å²) in [5, 5.41) is 7.77. The standard InChI is InChI=1S/C20H20N6O/c1-3-25(15-11-7-5-8-12-15)19-20(22-18-17(21-19)23-27-24-18)26(4-2)16-13-9-6-10-14-16/h5-14H,3-4H2,1-2H3. The highest BCUT2D eigenvalue weighted by Gasteiger charge is 2.23. The van der Waals surface area contributed by atoms with Crippen LogP contribution in [-0.4, -0.2) is 33.4 Å². The molecule has 136 valence electrons. The van der Waals surface area contributed by atoms with Crippen LogP contribution in [0.2, 0.25) is 0 Å². The summed E-state index contributed by atoms with van der Waals surface area (Å²) in [6, 6.07) is 20.3. The average Bonchev–Trinajstić information content (AvgIpc) is 3.18. The molecule has 0 bridgehead atoms. The lowest BCUT2D eigenvalue weighted by Crippen LogP contribution is -2.25. The Morgan fingerprint density at radius 2 is 1.07 bits per heavy atom. The molecule has 0 saturated heterocycles. The lowest BCUT2D eigenvalue weighted by Gasteiger charge is -2.29. The van der Waals surface area contributed by atoms with Gasteiger partial charge in [0.2, 0.25) is 11.3 Å². The molecular weight excluding hydrogens is 340 g/mol. The van der Waals surface area contributed by atoms with Crippen LogP contribution in [0, 0.1) is 0 Å². The van der Waals surface area contributed by atoms with Crippen LogP contribution in [0.15, 0.2) is 65.3 Å². The van der Waals surface area contributed by atoms with E-state index in [0.29, 0.717) is 11.3 Å². The molecule has 4 aromatic rings. The molecule has 27 heavy (non-hydrogen) atoms. The van der Waals surface area contributed by atoms with Gasteiger partial charge in [0.25, 0.3) is 0 Å². The summed E-state index contributed by atoms with van der Waals surface area (Å²) in [5.41, 5.74) is 2.87. The van der Waals surface area contributed by atoms with Crippen molar-refractivity contribution in [2.45, 2.75) is 13.8 Å². The zero-order valence-corrected chi connectivity index (χ0v) is 15.3. The minimum atomic E-state index is 0.396. The van der Waals surface area contributed by atoms with E-state index in [9.17, 15) is 0 Å². The topological polar surface area (TPSA) is 71.2 Å². The number of hydrogen-bond donors (Lipinski definition) is 0. The van der Waals surface area contributed by atoms with Crippen LogP contribution in [0.3, 0.4) is 0 Å². The first kappa shape index (κ1) is 17.0. The highest BCUT2D eigenvalue weighted by Crippen LogP contribution is 2.35. The van der Waals surface area contributed by atoms with Gasteiger partial charge in [-0.1, -0.05) is 36.4 Å². The number of aromatic nitrogens is 4. The fraction of sp³-hybridized carbons (Fsp3) is 0.200. The van der Waals surface area contributed by atoms with Gasteiger partial charge in [-0.3, -0.25) is 0 Å². The molecule has 7 heteroatoms. The Bertz CT molecular complexity index is 937. The van der Waals surface area contributed by atoms with E-state index in [1.165, 1.54) is 0 Å². The van der Waals surface area contributed by atoms with Crippen molar-refractivity contribution in [1.29, 1.82) is 0 Å². The van der Waals surface area contributed by atoms with Crippen molar-refractivity contribution < 1.29 is 4.63 Å². The molecule has 4 rings (SSSR count). The van der Waals surface area contributed by atoms with E-state index in [2.05, 4.69) is 58.2 Å². The smallest absolute Gasteiger partial charge is 0.245 e. The van der Waals surface area contributed by atoms with Gasteiger partial charge in [-0.2, -0.15) is 0 Å². The molecule has 0 fully saturated rings. The number of hydrogen-bond acceptors (Lipinski definition) is 7. The molecule has 0 amide bonds. The fourth-order valence-electron chi connectivity index (χ4n) is 3.11. The van der Waals surface area contributed by atoms with Crippen molar-refractivity contribution in [3.63, 3.8) is 0 Å². The normalized spacial score (nSPS) is 10.9. The summed E-state index contributed by atoms with van der Waals surface area (Å²) in [7, 11) is 0. The molecular formula is C20H20N6O. The summed E-state index contributed by atoms with van der Waals surface area (Å²) in [5.74, 6) is 1.44. The van der Waals surface area contributed by atoms with Crippen LogP contribution < -0.4 is 9.80 Å². The number of anilines is 4. The van der Waals surface area contributed by atoms with Crippen LogP contribution in [0.4, 0.5) is 23.0 Å². The third-order valence-corrected chi connectivity index (χ3v) is 4.36. The maximum absolute atomic E-state index is 4.85. The Balaban J connectivity index is 1.92. The summed E-state index contributed by atoms with van der Waals surface area (Å²) < 4.78 is 4.85. The molecule has 7 nitrogen and oxygen atoms in total. The summed E-state index contributed by atoms with van der Waals surface area (Å²) in [6.45, 7) is 5.63. The van der Waals surface area contributed by atoms with E-state index in [1.54, 1.807) is 0 Å². The molecule has 0 atom stereocenters. The second kappa shape index (κ2) is 7.41. The SMILES string of the molecule is CCN(c1ccccc1)c1nc2nonc2nc1N(CC)c1ccccc1. The number of benzene rings is 2. The summed E-state index contributed by atoms with van der Waals surface area (Å²) in [4.78, 5) is 13.7. The molecule has 0 radical (unpaired) electrons. The van der Waals surface area contributed by atoms with E-state index >= 15 is 0 Å². The van der Waals surface area contributed by atoms with E-state index in [4.69, 9.17) is 14.6 Å². The highest BCUT2D eigenvalue weighted by molar-refractivity contribution is 5.81. The average molecular weight is 360 g/mol. The maximum Gasteiger partial charge on any atom is 0.245 e. The Morgan fingerprint density at radius 1 is 0.667 bits per heavy atom. The van der Waals surface area contributed by atoms with Gasteiger partial charge >= 0.3 is 0 Å². The summed E-state index contributed by atoms with van der Waals surface area (Å²) in [6.07, 6.45) is 0. The van der Waals surface area contributed by atoms with Crippen LogP contribution in [0.5, 0.6) is 0 Å². The van der Waals surface area contributed by atoms with Gasteiger partial charge in [-0.05, 0) is 48.4 Å². The quantitative estimate of drug-likeness (QED) is 0.507. The second-order valence-electron chi connectivity index (χ2n) is 5.94. The predicted octanol–water partition coefficient (Wildman–Crippen LogP) is 4.33. The summed E-state index contributed by atoms with van der Waals surface area (Å²) >= 11 is 0. The second-order valence-corrected chi connectivity index (χ2v) is 5.94. The van der Waals surface area contributed by atoms with Gasteiger partial charge in [0.05, 0.1) is 0 Å². The van der Waals surface area contributed by atoms with E-state index < -0.39 is 0 Å². The molecule has 0 unspecified atom stereocenters. The zero-order chi connectivity index (χ0) is 18.6. The minimum Gasteiger partial charge on any atom is -0.324 e. The molecule has 0 aliphatic heterocycles. The Labute approximate surface area is 157 Å². The van der Waals surface area contributed by atoms with Crippen molar-refractivity contribution in [2.75, 3.05) is 22.9 Å². The molecule has 0 aliphatic carbocycles. The first-order valence-electron chi connectivity index (χ1n) is 8.97. The zero-order valence-electron chi connectivity index (χ0n) is 15.3. The van der Waals surface area contributed by atoms with Gasteiger partial charge < -0.3 is 9.80 Å². The van der Waals surface area contributed by atoms with Crippen molar-refractivity contribution >= 4 is 34.3 Å². The number of rotatable bonds is 6. The van der Waals surface area contributed by atoms with E-state index in [1.807, 2.05) is 36.4 Å². The van der Waals surface area contributed by atoms with Gasteiger partial charge in [0.1, 0.15) is 0 Å². The minimum absolute atomic E-state index is 0.396. The number of fused-ring (bicyclic) bond motifs is 1. The monoisotopic (exact) mass is 360 g/mol. The number of nitrogens with zero attached hydrogens (tertiary/aromatic N) is 6.